The van der Waals surface area contributed by atoms with Crippen molar-refractivity contribution < 1.29 is 4.79 Å². The summed E-state index contributed by atoms with van der Waals surface area (Å²) >= 11 is 0. The van der Waals surface area contributed by atoms with Crippen molar-refractivity contribution in [2.24, 2.45) is 5.73 Å². The third-order valence-corrected chi connectivity index (χ3v) is 4.14. The van der Waals surface area contributed by atoms with Crippen LogP contribution in [0.4, 0.5) is 0 Å². The van der Waals surface area contributed by atoms with Crippen molar-refractivity contribution in [1.82, 2.24) is 5.32 Å². The molecule has 0 heterocycles. The van der Waals surface area contributed by atoms with Gasteiger partial charge in [-0.1, -0.05) is 49.1 Å². The second kappa shape index (κ2) is 6.20. The molecule has 3 N–H and O–H groups in total. The lowest BCUT2D eigenvalue weighted by molar-refractivity contribution is -0.128. The Morgan fingerprint density at radius 1 is 1.32 bits per heavy atom. The van der Waals surface area contributed by atoms with Crippen LogP contribution >= 0.6 is 0 Å². The summed E-state index contributed by atoms with van der Waals surface area (Å²) in [5.74, 6) is 0.156. The number of hydrogen-bond donors (Lipinski definition) is 2. The van der Waals surface area contributed by atoms with Crippen LogP contribution in [0.1, 0.15) is 43.2 Å². The highest BCUT2D eigenvalue weighted by molar-refractivity contribution is 5.88. The van der Waals surface area contributed by atoms with Gasteiger partial charge in [-0.05, 0) is 25.3 Å². The summed E-state index contributed by atoms with van der Waals surface area (Å²) in [5, 5.41) is 3.00. The van der Waals surface area contributed by atoms with Gasteiger partial charge < -0.3 is 11.1 Å². The van der Waals surface area contributed by atoms with Crippen molar-refractivity contribution in [3.8, 4) is 0 Å². The van der Waals surface area contributed by atoms with E-state index in [4.69, 9.17) is 5.73 Å². The lowest BCUT2D eigenvalue weighted by Crippen LogP contribution is -2.47. The Morgan fingerprint density at radius 2 is 2.05 bits per heavy atom. The van der Waals surface area contributed by atoms with Crippen LogP contribution in [0.3, 0.4) is 0 Å². The average molecular weight is 260 g/mol. The van der Waals surface area contributed by atoms with Gasteiger partial charge in [-0.2, -0.15) is 0 Å². The first kappa shape index (κ1) is 14.1. The monoisotopic (exact) mass is 260 g/mol. The number of aryl methyl sites for hydroxylation is 1. The fourth-order valence-electron chi connectivity index (χ4n) is 3.10. The zero-order chi connectivity index (χ0) is 13.7. The summed E-state index contributed by atoms with van der Waals surface area (Å²) < 4.78 is 0. The highest BCUT2D eigenvalue weighted by atomic mass is 16.2. The molecule has 3 nitrogen and oxygen atoms in total. The fraction of sp³-hybridized carbons (Fsp3) is 0.562. The highest BCUT2D eigenvalue weighted by Gasteiger charge is 2.40. The molecule has 19 heavy (non-hydrogen) atoms. The van der Waals surface area contributed by atoms with Gasteiger partial charge in [0.2, 0.25) is 5.91 Å². The molecule has 1 fully saturated rings. The van der Waals surface area contributed by atoms with E-state index in [1.165, 1.54) is 17.5 Å². The molecule has 1 aliphatic rings. The maximum Gasteiger partial charge on any atom is 0.230 e. The van der Waals surface area contributed by atoms with E-state index in [-0.39, 0.29) is 11.3 Å². The molecule has 0 aromatic heterocycles. The summed E-state index contributed by atoms with van der Waals surface area (Å²) in [7, 11) is 0. The molecule has 0 aliphatic heterocycles. The number of amides is 1. The summed E-state index contributed by atoms with van der Waals surface area (Å²) in [6.07, 6.45) is 5.39. The van der Waals surface area contributed by atoms with Gasteiger partial charge in [-0.25, -0.2) is 0 Å². The van der Waals surface area contributed by atoms with Crippen molar-refractivity contribution in [2.45, 2.75) is 44.4 Å². The van der Waals surface area contributed by atoms with E-state index in [0.717, 1.165) is 25.7 Å². The van der Waals surface area contributed by atoms with E-state index in [2.05, 4.69) is 36.5 Å². The Kier molecular flexibility index (Phi) is 4.59. The zero-order valence-corrected chi connectivity index (χ0v) is 11.7. The molecule has 0 spiro atoms. The zero-order valence-electron chi connectivity index (χ0n) is 11.7. The standard InChI is InChI=1S/C16H24N2O/c1-13-6-5-7-14(12-13)16(8-3-2-4-9-16)15(19)18-11-10-17/h5-7,12H,2-4,8-11,17H2,1H3,(H,18,19). The minimum atomic E-state index is -0.334. The van der Waals surface area contributed by atoms with Gasteiger partial charge in [-0.3, -0.25) is 4.79 Å². The molecule has 0 radical (unpaired) electrons. The first-order valence-electron chi connectivity index (χ1n) is 7.24. The maximum absolute atomic E-state index is 12.6. The lowest BCUT2D eigenvalue weighted by atomic mass is 9.68. The van der Waals surface area contributed by atoms with Crippen molar-refractivity contribution >= 4 is 5.91 Å². The highest BCUT2D eigenvalue weighted by Crippen LogP contribution is 2.39. The van der Waals surface area contributed by atoms with Gasteiger partial charge in [0.05, 0.1) is 5.41 Å². The third kappa shape index (κ3) is 2.98. The van der Waals surface area contributed by atoms with Gasteiger partial charge in [-0.15, -0.1) is 0 Å². The first-order valence-corrected chi connectivity index (χ1v) is 7.24. The van der Waals surface area contributed by atoms with Gasteiger partial charge >= 0.3 is 0 Å². The Morgan fingerprint density at radius 3 is 2.68 bits per heavy atom. The van der Waals surface area contributed by atoms with E-state index in [1.54, 1.807) is 0 Å². The second-order valence-corrected chi connectivity index (χ2v) is 5.56. The van der Waals surface area contributed by atoms with Gasteiger partial charge in [0.1, 0.15) is 0 Å². The van der Waals surface area contributed by atoms with Gasteiger partial charge in [0, 0.05) is 13.1 Å². The number of carbonyl (C=O) groups excluding carboxylic acids is 1. The Balaban J connectivity index is 2.31. The molecule has 104 valence electrons. The van der Waals surface area contributed by atoms with Gasteiger partial charge in [0.25, 0.3) is 0 Å². The molecule has 3 heteroatoms. The SMILES string of the molecule is Cc1cccc(C2(C(=O)NCCN)CCCCC2)c1. The smallest absolute Gasteiger partial charge is 0.230 e. The van der Waals surface area contributed by atoms with Crippen LogP contribution in [-0.2, 0) is 10.2 Å². The summed E-state index contributed by atoms with van der Waals surface area (Å²) in [4.78, 5) is 12.6. The lowest BCUT2D eigenvalue weighted by Gasteiger charge is -2.36. The fourth-order valence-corrected chi connectivity index (χ4v) is 3.10. The molecular weight excluding hydrogens is 236 g/mol. The number of nitrogens with two attached hydrogens (primary N) is 1. The third-order valence-electron chi connectivity index (χ3n) is 4.14. The van der Waals surface area contributed by atoms with E-state index >= 15 is 0 Å². The van der Waals surface area contributed by atoms with E-state index in [0.29, 0.717) is 13.1 Å². The topological polar surface area (TPSA) is 55.1 Å². The Hall–Kier alpha value is -1.35. The van der Waals surface area contributed by atoms with Crippen molar-refractivity contribution in [3.05, 3.63) is 35.4 Å². The quantitative estimate of drug-likeness (QED) is 0.872. The Labute approximate surface area is 115 Å². The maximum atomic E-state index is 12.6. The first-order chi connectivity index (χ1) is 9.19. The predicted octanol–water partition coefficient (Wildman–Crippen LogP) is 2.27. The van der Waals surface area contributed by atoms with Crippen LogP contribution in [0.2, 0.25) is 0 Å². The van der Waals surface area contributed by atoms with E-state index in [9.17, 15) is 4.79 Å². The van der Waals surface area contributed by atoms with Crippen LogP contribution in [0, 0.1) is 6.92 Å². The normalized spacial score (nSPS) is 18.0. The summed E-state index contributed by atoms with van der Waals surface area (Å²) in [6, 6.07) is 8.39. The molecule has 0 saturated heterocycles. The van der Waals surface area contributed by atoms with Crippen LogP contribution < -0.4 is 11.1 Å². The van der Waals surface area contributed by atoms with Crippen LogP contribution in [0.15, 0.2) is 24.3 Å². The van der Waals surface area contributed by atoms with Crippen molar-refractivity contribution in [1.29, 1.82) is 0 Å². The number of carbonyl (C=O) groups is 1. The molecular formula is C16H24N2O. The molecule has 1 aliphatic carbocycles. The molecule has 0 atom stereocenters. The number of rotatable bonds is 4. The van der Waals surface area contributed by atoms with Gasteiger partial charge in [0.15, 0.2) is 0 Å². The molecule has 0 unspecified atom stereocenters. The predicted molar refractivity (Wildman–Crippen MR) is 78.0 cm³/mol. The minimum Gasteiger partial charge on any atom is -0.354 e. The molecule has 1 amide bonds. The molecule has 0 bridgehead atoms. The van der Waals surface area contributed by atoms with Crippen molar-refractivity contribution in [3.63, 3.8) is 0 Å². The molecule has 2 rings (SSSR count). The summed E-state index contributed by atoms with van der Waals surface area (Å²) in [5.41, 5.74) is 7.55. The van der Waals surface area contributed by atoms with Crippen LogP contribution in [0.25, 0.3) is 0 Å². The van der Waals surface area contributed by atoms with Crippen molar-refractivity contribution in [2.75, 3.05) is 13.1 Å². The molecule has 1 aromatic rings. The van der Waals surface area contributed by atoms with Crippen LogP contribution in [0.5, 0.6) is 0 Å². The van der Waals surface area contributed by atoms with Crippen LogP contribution in [-0.4, -0.2) is 19.0 Å². The van der Waals surface area contributed by atoms with E-state index < -0.39 is 0 Å². The average Bonchev–Trinajstić information content (AvgIpc) is 2.45. The number of hydrogen-bond acceptors (Lipinski definition) is 2. The van der Waals surface area contributed by atoms with E-state index in [1.807, 2.05) is 0 Å². The number of benzene rings is 1. The second-order valence-electron chi connectivity index (χ2n) is 5.56. The minimum absolute atomic E-state index is 0.156. The number of nitrogens with one attached hydrogen (secondary N) is 1. The summed E-state index contributed by atoms with van der Waals surface area (Å²) in [6.45, 7) is 3.14. The molecule has 1 aromatic carbocycles. The molecule has 1 saturated carbocycles. The Bertz CT molecular complexity index is 436. The largest absolute Gasteiger partial charge is 0.354 e.